The van der Waals surface area contributed by atoms with Gasteiger partial charge in [-0.1, -0.05) is 42.5 Å². The van der Waals surface area contributed by atoms with E-state index in [-0.39, 0.29) is 11.7 Å². The van der Waals surface area contributed by atoms with Crippen molar-refractivity contribution in [3.05, 3.63) is 80.7 Å². The number of quaternary nitrogens is 1. The zero-order valence-corrected chi connectivity index (χ0v) is 21.0. The van der Waals surface area contributed by atoms with Gasteiger partial charge in [-0.3, -0.25) is 0 Å². The highest BCUT2D eigenvalue weighted by Gasteiger charge is 2.71. The Kier molecular flexibility index (Phi) is 6.31. The van der Waals surface area contributed by atoms with E-state index < -0.39 is 17.5 Å². The number of benzene rings is 1. The van der Waals surface area contributed by atoms with E-state index in [4.69, 9.17) is 9.47 Å². The van der Waals surface area contributed by atoms with Crippen LogP contribution in [0.2, 0.25) is 0 Å². The van der Waals surface area contributed by atoms with Crippen LogP contribution in [0.5, 0.6) is 0 Å². The van der Waals surface area contributed by atoms with Crippen molar-refractivity contribution in [1.29, 1.82) is 0 Å². The highest BCUT2D eigenvalue weighted by atomic mass is 32.1. The molecule has 7 nitrogen and oxygen atoms in total. The Labute approximate surface area is 211 Å². The molecule has 6 rings (SSSR count). The van der Waals surface area contributed by atoms with E-state index in [1.54, 1.807) is 30.3 Å². The van der Waals surface area contributed by atoms with Gasteiger partial charge in [-0.05, 0) is 28.5 Å². The van der Waals surface area contributed by atoms with Crippen LogP contribution in [-0.4, -0.2) is 66.0 Å². The molecule has 1 N–H and O–H groups in total. The second kappa shape index (κ2) is 9.15. The fourth-order valence-electron chi connectivity index (χ4n) is 5.40. The number of esters is 1. The maximum atomic E-state index is 13.1. The lowest BCUT2D eigenvalue weighted by Crippen LogP contribution is -2.60. The molecule has 35 heavy (non-hydrogen) atoms. The summed E-state index contributed by atoms with van der Waals surface area (Å²) in [5.41, 5.74) is -1.50. The number of carboxylic acid groups (broad SMARTS) is 1. The third-order valence-corrected chi connectivity index (χ3v) is 9.33. The average molecular weight is 514 g/mol. The minimum Gasteiger partial charge on any atom is -0.545 e. The Bertz CT molecular complexity index is 1120. The smallest absolute Gasteiger partial charge is 0.349 e. The number of epoxide rings is 1. The van der Waals surface area contributed by atoms with Crippen LogP contribution in [0.1, 0.15) is 33.0 Å². The number of hydrogen-bond acceptors (Lipinski definition) is 8. The van der Waals surface area contributed by atoms with Crippen LogP contribution in [0.3, 0.4) is 0 Å². The molecule has 3 aromatic rings. The number of hydrogen-bond donors (Lipinski definition) is 1. The van der Waals surface area contributed by atoms with Crippen LogP contribution >= 0.6 is 22.7 Å². The lowest BCUT2D eigenvalue weighted by atomic mass is 9.95. The third-order valence-electron chi connectivity index (χ3n) is 7.37. The monoisotopic (exact) mass is 513 g/mol. The SMILES string of the molecule is C[N+]1(C)[C@@H]2CC(OC(=O)C(O)(c3cccs3)c3cccs3)C[C@H]1[C@@H]1O[C@@H]12.O=C([O-])c1ccccc1. The zero-order valence-electron chi connectivity index (χ0n) is 19.4. The van der Waals surface area contributed by atoms with E-state index in [2.05, 4.69) is 14.1 Å². The number of ether oxygens (including phenoxy) is 2. The predicted octanol–water partition coefficient (Wildman–Crippen LogP) is 2.40. The summed E-state index contributed by atoms with van der Waals surface area (Å²) in [6.07, 6.45) is 2.05. The first-order valence-corrected chi connectivity index (χ1v) is 13.3. The Hall–Kier alpha value is -2.56. The molecule has 0 spiro atoms. The summed E-state index contributed by atoms with van der Waals surface area (Å²) >= 11 is 2.74. The van der Waals surface area contributed by atoms with Crippen LogP contribution in [0.15, 0.2) is 65.4 Å². The summed E-state index contributed by atoms with van der Waals surface area (Å²) in [6, 6.07) is 16.1. The summed E-state index contributed by atoms with van der Waals surface area (Å²) in [7, 11) is 4.49. The molecule has 0 amide bonds. The number of piperidine rings is 1. The van der Waals surface area contributed by atoms with Gasteiger partial charge in [-0.15, -0.1) is 22.7 Å². The van der Waals surface area contributed by atoms with Crippen molar-refractivity contribution < 1.29 is 33.8 Å². The van der Waals surface area contributed by atoms with Gasteiger partial charge in [0.15, 0.2) is 0 Å². The Morgan fingerprint density at radius 2 is 1.51 bits per heavy atom. The molecular weight excluding hydrogens is 486 g/mol. The molecule has 2 bridgehead atoms. The molecular formula is C26H27NO6S2. The van der Waals surface area contributed by atoms with E-state index in [1.807, 2.05) is 22.9 Å². The van der Waals surface area contributed by atoms with E-state index in [0.29, 0.717) is 34.0 Å². The standard InChI is InChI=1S/C19H22NO4S2.C7H6O2/c1-20(2)12-9-11(10-13(20)17-16(12)24-17)23-18(21)19(22,14-5-3-7-25-14)15-6-4-8-26-15;8-7(9)6-4-2-1-3-5-6/h3-8,11-13,16-17,22H,9-10H2,1-2H3;1-5H,(H,8,9)/q+1;/p-1/t11?,12-,13+,16-,17+;. The lowest BCUT2D eigenvalue weighted by molar-refractivity contribution is -0.938. The van der Waals surface area contributed by atoms with E-state index in [0.717, 1.165) is 17.3 Å². The molecule has 5 heterocycles. The van der Waals surface area contributed by atoms with Crippen molar-refractivity contribution in [1.82, 2.24) is 0 Å². The first-order valence-electron chi connectivity index (χ1n) is 11.5. The fraction of sp³-hybridized carbons (Fsp3) is 0.385. The average Bonchev–Trinajstić information content (AvgIpc) is 3.19. The highest BCUT2D eigenvalue weighted by Crippen LogP contribution is 2.52. The van der Waals surface area contributed by atoms with Crippen LogP contribution in [0, 0.1) is 0 Å². The molecule has 3 saturated heterocycles. The lowest BCUT2D eigenvalue weighted by Gasteiger charge is -2.45. The summed E-state index contributed by atoms with van der Waals surface area (Å²) < 4.78 is 12.6. The van der Waals surface area contributed by atoms with Gasteiger partial charge in [0.1, 0.15) is 30.4 Å². The van der Waals surface area contributed by atoms with E-state index in [1.165, 1.54) is 34.8 Å². The third kappa shape index (κ3) is 4.32. The van der Waals surface area contributed by atoms with Gasteiger partial charge in [0.25, 0.3) is 0 Å². The molecule has 2 aromatic heterocycles. The van der Waals surface area contributed by atoms with Crippen molar-refractivity contribution in [3.63, 3.8) is 0 Å². The van der Waals surface area contributed by atoms with E-state index >= 15 is 0 Å². The second-order valence-corrected chi connectivity index (χ2v) is 11.5. The number of aliphatic hydroxyl groups is 1. The van der Waals surface area contributed by atoms with Gasteiger partial charge in [0.05, 0.1) is 29.8 Å². The molecule has 0 aliphatic carbocycles. The summed E-state index contributed by atoms with van der Waals surface area (Å²) in [6.45, 7) is 0. The number of carboxylic acids is 1. The quantitative estimate of drug-likeness (QED) is 0.320. The number of rotatable bonds is 5. The van der Waals surface area contributed by atoms with Crippen molar-refractivity contribution >= 4 is 34.6 Å². The second-order valence-electron chi connectivity index (χ2n) is 9.65. The molecule has 0 saturated carbocycles. The van der Waals surface area contributed by atoms with Crippen LogP contribution < -0.4 is 5.11 Å². The number of nitrogens with zero attached hydrogens (tertiary/aromatic N) is 1. The first-order chi connectivity index (χ1) is 16.7. The Morgan fingerprint density at radius 3 is 1.94 bits per heavy atom. The van der Waals surface area contributed by atoms with E-state index in [9.17, 15) is 19.8 Å². The number of morpholine rings is 1. The predicted molar refractivity (Wildman–Crippen MR) is 130 cm³/mol. The highest BCUT2D eigenvalue weighted by molar-refractivity contribution is 7.12. The Morgan fingerprint density at radius 1 is 0.971 bits per heavy atom. The van der Waals surface area contributed by atoms with Gasteiger partial charge >= 0.3 is 5.97 Å². The molecule has 3 aliphatic rings. The first kappa shape index (κ1) is 24.1. The van der Waals surface area contributed by atoms with Crippen LogP contribution in [0.25, 0.3) is 0 Å². The summed E-state index contributed by atoms with van der Waals surface area (Å²) in [5.74, 6) is -1.69. The molecule has 3 fully saturated rings. The molecule has 184 valence electrons. The van der Waals surface area contributed by atoms with Gasteiger partial charge in [-0.2, -0.15) is 0 Å². The van der Waals surface area contributed by atoms with Crippen molar-refractivity contribution in [3.8, 4) is 0 Å². The maximum absolute atomic E-state index is 13.1. The van der Waals surface area contributed by atoms with Crippen molar-refractivity contribution in [2.75, 3.05) is 14.1 Å². The molecule has 1 aromatic carbocycles. The fourth-order valence-corrected chi connectivity index (χ4v) is 7.12. The van der Waals surface area contributed by atoms with Gasteiger partial charge in [0.2, 0.25) is 5.60 Å². The van der Waals surface area contributed by atoms with Crippen LogP contribution in [-0.2, 0) is 19.9 Å². The Balaban J connectivity index is 0.000000239. The molecule has 9 heteroatoms. The molecule has 3 aliphatic heterocycles. The number of aromatic carboxylic acids is 1. The van der Waals surface area contributed by atoms with Gasteiger partial charge in [0, 0.05) is 12.8 Å². The van der Waals surface area contributed by atoms with Gasteiger partial charge < -0.3 is 29.0 Å². The number of likely N-dealkylation sites (N-methyl/N-ethyl adjacent to an activating group) is 1. The molecule has 1 unspecified atom stereocenters. The number of carbonyl (C=O) groups excluding carboxylic acids is 2. The largest absolute Gasteiger partial charge is 0.545 e. The zero-order chi connectivity index (χ0) is 24.8. The minimum atomic E-state index is -1.72. The number of thiophene rings is 2. The molecule has 0 radical (unpaired) electrons. The number of fused-ring (bicyclic) bond motifs is 5. The summed E-state index contributed by atoms with van der Waals surface area (Å²) in [5, 5.41) is 25.2. The maximum Gasteiger partial charge on any atom is 0.349 e. The van der Waals surface area contributed by atoms with Crippen molar-refractivity contribution in [2.45, 2.75) is 48.8 Å². The minimum absolute atomic E-state index is 0.161. The van der Waals surface area contributed by atoms with Crippen molar-refractivity contribution in [2.24, 2.45) is 0 Å². The van der Waals surface area contributed by atoms with Gasteiger partial charge in [-0.25, -0.2) is 4.79 Å². The topological polar surface area (TPSA) is 99.2 Å². The normalized spacial score (nSPS) is 27.8. The number of carbonyl (C=O) groups is 2. The molecule has 5 atom stereocenters. The summed E-state index contributed by atoms with van der Waals surface area (Å²) in [4.78, 5) is 24.4. The van der Waals surface area contributed by atoms with Crippen LogP contribution in [0.4, 0.5) is 0 Å².